The molecule has 19 heavy (non-hydrogen) atoms. The summed E-state index contributed by atoms with van der Waals surface area (Å²) in [6.45, 7) is 5.30. The number of nitrogens with two attached hydrogens (primary N) is 1. The van der Waals surface area contributed by atoms with E-state index in [1.807, 2.05) is 12.1 Å². The summed E-state index contributed by atoms with van der Waals surface area (Å²) in [7, 11) is 0. The van der Waals surface area contributed by atoms with E-state index in [9.17, 15) is 4.79 Å². The predicted molar refractivity (Wildman–Crippen MR) is 76.8 cm³/mol. The van der Waals surface area contributed by atoms with Crippen LogP contribution in [0.2, 0.25) is 0 Å². The van der Waals surface area contributed by atoms with Gasteiger partial charge in [-0.1, -0.05) is 20.3 Å². The molecule has 1 unspecified atom stereocenters. The topological polar surface area (TPSA) is 80.0 Å². The molecule has 1 aromatic rings. The van der Waals surface area contributed by atoms with E-state index in [-0.39, 0.29) is 12.1 Å². The molecule has 106 valence electrons. The molecule has 1 heterocycles. The zero-order valence-electron chi connectivity index (χ0n) is 11.7. The second-order valence-electron chi connectivity index (χ2n) is 4.79. The van der Waals surface area contributed by atoms with Gasteiger partial charge < -0.3 is 16.4 Å². The van der Waals surface area contributed by atoms with E-state index in [4.69, 9.17) is 5.73 Å². The summed E-state index contributed by atoms with van der Waals surface area (Å²) < 4.78 is 0. The number of urea groups is 1. The minimum absolute atomic E-state index is 0.0101. The molecule has 0 spiro atoms. The Bertz CT molecular complexity index is 369. The van der Waals surface area contributed by atoms with E-state index in [1.165, 1.54) is 0 Å². The highest BCUT2D eigenvalue weighted by atomic mass is 16.2. The number of hydrogen-bond acceptors (Lipinski definition) is 3. The highest BCUT2D eigenvalue weighted by molar-refractivity contribution is 5.73. The Morgan fingerprint density at radius 3 is 2.68 bits per heavy atom. The standard InChI is InChI=1S/C14H24N4O/c1-3-11(2)13(15)10-18-14(19)17-9-6-12-4-7-16-8-5-12/h4-5,7-8,11,13H,3,6,9-10,15H2,1-2H3,(H2,17,18,19)/t11?,13-/m1/s1. The van der Waals surface area contributed by atoms with Crippen LogP contribution in [-0.2, 0) is 6.42 Å². The first kappa shape index (κ1) is 15.4. The SMILES string of the molecule is CCC(C)[C@H](N)CNC(=O)NCCc1ccncc1. The van der Waals surface area contributed by atoms with Crippen LogP contribution in [0.15, 0.2) is 24.5 Å². The summed E-state index contributed by atoms with van der Waals surface area (Å²) >= 11 is 0. The van der Waals surface area contributed by atoms with E-state index in [0.717, 1.165) is 18.4 Å². The maximum absolute atomic E-state index is 11.6. The molecule has 0 aliphatic heterocycles. The van der Waals surface area contributed by atoms with Gasteiger partial charge in [0.1, 0.15) is 0 Å². The van der Waals surface area contributed by atoms with E-state index < -0.39 is 0 Å². The van der Waals surface area contributed by atoms with Crippen molar-refractivity contribution in [2.24, 2.45) is 11.7 Å². The van der Waals surface area contributed by atoms with Crippen LogP contribution in [-0.4, -0.2) is 30.1 Å². The maximum Gasteiger partial charge on any atom is 0.314 e. The largest absolute Gasteiger partial charge is 0.338 e. The van der Waals surface area contributed by atoms with Crippen molar-refractivity contribution in [1.29, 1.82) is 0 Å². The minimum atomic E-state index is -0.159. The smallest absolute Gasteiger partial charge is 0.314 e. The van der Waals surface area contributed by atoms with E-state index in [0.29, 0.717) is 19.0 Å². The van der Waals surface area contributed by atoms with Gasteiger partial charge in [0, 0.05) is 31.5 Å². The highest BCUT2D eigenvalue weighted by Gasteiger charge is 2.11. The van der Waals surface area contributed by atoms with Gasteiger partial charge in [0.25, 0.3) is 0 Å². The third-order valence-electron chi connectivity index (χ3n) is 3.32. The van der Waals surface area contributed by atoms with E-state index in [2.05, 4.69) is 29.5 Å². The van der Waals surface area contributed by atoms with Crippen molar-refractivity contribution in [1.82, 2.24) is 15.6 Å². The van der Waals surface area contributed by atoms with Gasteiger partial charge in [0.2, 0.25) is 0 Å². The number of rotatable bonds is 7. The van der Waals surface area contributed by atoms with Crippen LogP contribution in [0, 0.1) is 5.92 Å². The van der Waals surface area contributed by atoms with Crippen LogP contribution in [0.4, 0.5) is 4.79 Å². The first-order valence-corrected chi connectivity index (χ1v) is 6.79. The number of hydrogen-bond donors (Lipinski definition) is 3. The molecule has 0 aromatic carbocycles. The van der Waals surface area contributed by atoms with Gasteiger partial charge in [-0.05, 0) is 30.0 Å². The van der Waals surface area contributed by atoms with E-state index in [1.54, 1.807) is 12.4 Å². The summed E-state index contributed by atoms with van der Waals surface area (Å²) in [5.74, 6) is 0.414. The van der Waals surface area contributed by atoms with E-state index >= 15 is 0 Å². The monoisotopic (exact) mass is 264 g/mol. The highest BCUT2D eigenvalue weighted by Crippen LogP contribution is 2.03. The van der Waals surface area contributed by atoms with Crippen molar-refractivity contribution >= 4 is 6.03 Å². The van der Waals surface area contributed by atoms with Crippen LogP contribution in [0.3, 0.4) is 0 Å². The van der Waals surface area contributed by atoms with Crippen LogP contribution < -0.4 is 16.4 Å². The lowest BCUT2D eigenvalue weighted by Crippen LogP contribution is -2.45. The molecular formula is C14H24N4O. The molecule has 2 amide bonds. The van der Waals surface area contributed by atoms with Crippen molar-refractivity contribution in [2.45, 2.75) is 32.7 Å². The van der Waals surface area contributed by atoms with Crippen molar-refractivity contribution < 1.29 is 4.79 Å². The lowest BCUT2D eigenvalue weighted by atomic mass is 10.0. The molecule has 0 radical (unpaired) electrons. The lowest BCUT2D eigenvalue weighted by Gasteiger charge is -2.18. The van der Waals surface area contributed by atoms with Gasteiger partial charge in [-0.3, -0.25) is 4.98 Å². The molecule has 2 atom stereocenters. The number of nitrogens with one attached hydrogen (secondary N) is 2. The third-order valence-corrected chi connectivity index (χ3v) is 3.32. The molecular weight excluding hydrogens is 240 g/mol. The Labute approximate surface area is 115 Å². The van der Waals surface area contributed by atoms with Crippen LogP contribution in [0.25, 0.3) is 0 Å². The minimum Gasteiger partial charge on any atom is -0.338 e. The molecule has 1 rings (SSSR count). The maximum atomic E-state index is 11.6. The average molecular weight is 264 g/mol. The second-order valence-corrected chi connectivity index (χ2v) is 4.79. The first-order chi connectivity index (χ1) is 9.13. The summed E-state index contributed by atoms with van der Waals surface area (Å²) in [5.41, 5.74) is 7.11. The van der Waals surface area contributed by atoms with Crippen LogP contribution >= 0.6 is 0 Å². The molecule has 5 nitrogen and oxygen atoms in total. The Morgan fingerprint density at radius 2 is 2.05 bits per heavy atom. The number of pyridine rings is 1. The molecule has 0 aliphatic rings. The molecule has 0 bridgehead atoms. The molecule has 0 fully saturated rings. The molecule has 0 saturated heterocycles. The molecule has 0 aliphatic carbocycles. The van der Waals surface area contributed by atoms with Gasteiger partial charge in [-0.25, -0.2) is 4.79 Å². The van der Waals surface area contributed by atoms with Gasteiger partial charge in [0.05, 0.1) is 0 Å². The fourth-order valence-electron chi connectivity index (χ4n) is 1.65. The number of amides is 2. The number of aromatic nitrogens is 1. The summed E-state index contributed by atoms with van der Waals surface area (Å²) in [6, 6.07) is 3.74. The number of nitrogens with zero attached hydrogens (tertiary/aromatic N) is 1. The Morgan fingerprint density at radius 1 is 1.37 bits per heavy atom. The van der Waals surface area contributed by atoms with Crippen molar-refractivity contribution in [3.8, 4) is 0 Å². The molecule has 5 heteroatoms. The van der Waals surface area contributed by atoms with Crippen molar-refractivity contribution in [3.05, 3.63) is 30.1 Å². The quantitative estimate of drug-likeness (QED) is 0.694. The normalized spacial score (nSPS) is 13.6. The Hall–Kier alpha value is -1.62. The molecule has 4 N–H and O–H groups in total. The lowest BCUT2D eigenvalue weighted by molar-refractivity contribution is 0.239. The fraction of sp³-hybridized carbons (Fsp3) is 0.571. The Kier molecular flexibility index (Phi) is 6.89. The van der Waals surface area contributed by atoms with Crippen molar-refractivity contribution in [3.63, 3.8) is 0 Å². The number of carbonyl (C=O) groups excluding carboxylic acids is 1. The van der Waals surface area contributed by atoms with Crippen molar-refractivity contribution in [2.75, 3.05) is 13.1 Å². The van der Waals surface area contributed by atoms with Crippen LogP contribution in [0.5, 0.6) is 0 Å². The van der Waals surface area contributed by atoms with Gasteiger partial charge >= 0.3 is 6.03 Å². The molecule has 1 aromatic heterocycles. The third kappa shape index (κ3) is 6.20. The Balaban J connectivity index is 2.15. The summed E-state index contributed by atoms with van der Waals surface area (Å²) in [4.78, 5) is 15.5. The summed E-state index contributed by atoms with van der Waals surface area (Å²) in [6.07, 6.45) is 5.32. The second kappa shape index (κ2) is 8.48. The van der Waals surface area contributed by atoms with Gasteiger partial charge in [0.15, 0.2) is 0 Å². The van der Waals surface area contributed by atoms with Gasteiger partial charge in [-0.15, -0.1) is 0 Å². The molecule has 0 saturated carbocycles. The van der Waals surface area contributed by atoms with Crippen LogP contribution in [0.1, 0.15) is 25.8 Å². The average Bonchev–Trinajstić information content (AvgIpc) is 2.45. The fourth-order valence-corrected chi connectivity index (χ4v) is 1.65. The van der Waals surface area contributed by atoms with Gasteiger partial charge in [-0.2, -0.15) is 0 Å². The zero-order chi connectivity index (χ0) is 14.1. The zero-order valence-corrected chi connectivity index (χ0v) is 11.7. The predicted octanol–water partition coefficient (Wildman–Crippen LogP) is 1.30. The number of carbonyl (C=O) groups is 1. The first-order valence-electron chi connectivity index (χ1n) is 6.79. The summed E-state index contributed by atoms with van der Waals surface area (Å²) in [5, 5.41) is 5.61.